The number of hydrogen-bond donors (Lipinski definition) is 3. The molecule has 3 amide bonds. The summed E-state index contributed by atoms with van der Waals surface area (Å²) in [5.41, 5.74) is 3.16. The molecule has 0 aliphatic carbocycles. The molecule has 0 aromatic heterocycles. The van der Waals surface area contributed by atoms with Crippen molar-refractivity contribution in [3.63, 3.8) is 0 Å². The summed E-state index contributed by atoms with van der Waals surface area (Å²) < 4.78 is 11.4. The molecule has 1 aliphatic rings. The standard InChI is InChI=1S/C34H42N4O6/c1-24-12-14-29(31(21-24)44-20-8-4-5-11-32(40)38-18-16-37(2)17-19-38)36-33(41)25-13-15-28(26(22-25)23-43-3)35-34(42)27-9-6-7-10-30(27)39/h6-7,9-10,12-15,21-22,39H,4-5,8,11,16-20,23H2,1-3H3,(H,35,42)(H,36,41). The molecule has 3 N–H and O–H groups in total. The molecule has 1 fully saturated rings. The molecule has 234 valence electrons. The molecule has 3 aromatic carbocycles. The monoisotopic (exact) mass is 602 g/mol. The van der Waals surface area contributed by atoms with Crippen LogP contribution in [0.5, 0.6) is 11.5 Å². The number of unbranched alkanes of at least 4 members (excludes halogenated alkanes) is 2. The SMILES string of the molecule is COCc1cc(C(=O)Nc2ccc(C)cc2OCCCCCC(=O)N2CCN(C)CC2)ccc1NC(=O)c1ccccc1O. The van der Waals surface area contributed by atoms with E-state index < -0.39 is 5.91 Å². The third kappa shape index (κ3) is 9.05. The molecule has 10 nitrogen and oxygen atoms in total. The molecular weight excluding hydrogens is 560 g/mol. The summed E-state index contributed by atoms with van der Waals surface area (Å²) in [6, 6.07) is 16.8. The number of benzene rings is 3. The van der Waals surface area contributed by atoms with Crippen LogP contribution in [0.1, 0.15) is 57.5 Å². The van der Waals surface area contributed by atoms with Gasteiger partial charge in [-0.3, -0.25) is 14.4 Å². The molecule has 44 heavy (non-hydrogen) atoms. The minimum atomic E-state index is -0.472. The van der Waals surface area contributed by atoms with Crippen molar-refractivity contribution < 1.29 is 29.0 Å². The van der Waals surface area contributed by atoms with Gasteiger partial charge < -0.3 is 35.0 Å². The third-order valence-electron chi connectivity index (χ3n) is 7.60. The number of hydrogen-bond acceptors (Lipinski definition) is 7. The van der Waals surface area contributed by atoms with Gasteiger partial charge in [-0.2, -0.15) is 0 Å². The average Bonchev–Trinajstić information content (AvgIpc) is 3.01. The Hall–Kier alpha value is -4.41. The lowest BCUT2D eigenvalue weighted by Crippen LogP contribution is -2.47. The summed E-state index contributed by atoms with van der Waals surface area (Å²) in [6.07, 6.45) is 3.05. The number of amides is 3. The van der Waals surface area contributed by atoms with E-state index in [9.17, 15) is 19.5 Å². The van der Waals surface area contributed by atoms with Crippen molar-refractivity contribution in [3.05, 3.63) is 82.9 Å². The molecule has 0 atom stereocenters. The number of anilines is 2. The van der Waals surface area contributed by atoms with Gasteiger partial charge in [0, 0.05) is 56.5 Å². The number of nitrogens with zero attached hydrogens (tertiary/aromatic N) is 2. The molecule has 3 aromatic rings. The highest BCUT2D eigenvalue weighted by molar-refractivity contribution is 6.08. The molecule has 0 spiro atoms. The number of aryl methyl sites for hydroxylation is 1. The highest BCUT2D eigenvalue weighted by Gasteiger charge is 2.19. The van der Waals surface area contributed by atoms with Crippen LogP contribution in [-0.4, -0.2) is 79.6 Å². The highest BCUT2D eigenvalue weighted by Crippen LogP contribution is 2.28. The Bertz CT molecular complexity index is 1450. The van der Waals surface area contributed by atoms with Crippen LogP contribution in [0.4, 0.5) is 11.4 Å². The van der Waals surface area contributed by atoms with Crippen molar-refractivity contribution in [1.29, 1.82) is 0 Å². The maximum Gasteiger partial charge on any atom is 0.259 e. The molecule has 10 heteroatoms. The zero-order chi connectivity index (χ0) is 31.5. The number of likely N-dealkylation sites (N-methyl/N-ethyl adjacent to an activating group) is 1. The van der Waals surface area contributed by atoms with E-state index in [1.165, 1.54) is 19.2 Å². The van der Waals surface area contributed by atoms with E-state index in [0.717, 1.165) is 51.0 Å². The number of methoxy groups -OCH3 is 1. The van der Waals surface area contributed by atoms with Gasteiger partial charge >= 0.3 is 0 Å². The van der Waals surface area contributed by atoms with E-state index in [-0.39, 0.29) is 29.7 Å². The van der Waals surface area contributed by atoms with Gasteiger partial charge in [-0.25, -0.2) is 0 Å². The smallest absolute Gasteiger partial charge is 0.259 e. The van der Waals surface area contributed by atoms with Crippen molar-refractivity contribution in [2.24, 2.45) is 0 Å². The van der Waals surface area contributed by atoms with Crippen LogP contribution < -0.4 is 15.4 Å². The van der Waals surface area contributed by atoms with Crippen LogP contribution in [0.3, 0.4) is 0 Å². The van der Waals surface area contributed by atoms with Gasteiger partial charge in [0.25, 0.3) is 11.8 Å². The number of nitrogens with one attached hydrogen (secondary N) is 2. The van der Waals surface area contributed by atoms with Crippen LogP contribution in [-0.2, 0) is 16.1 Å². The number of ether oxygens (including phenoxy) is 2. The molecule has 0 saturated carbocycles. The third-order valence-corrected chi connectivity index (χ3v) is 7.60. The first-order valence-electron chi connectivity index (χ1n) is 15.0. The quantitative estimate of drug-likeness (QED) is 0.234. The van der Waals surface area contributed by atoms with Crippen molar-refractivity contribution in [1.82, 2.24) is 9.80 Å². The van der Waals surface area contributed by atoms with Crippen LogP contribution in [0.2, 0.25) is 0 Å². The number of carbonyl (C=O) groups excluding carboxylic acids is 3. The van der Waals surface area contributed by atoms with E-state index >= 15 is 0 Å². The molecular formula is C34H42N4O6. The van der Waals surface area contributed by atoms with Crippen molar-refractivity contribution in [3.8, 4) is 11.5 Å². The summed E-state index contributed by atoms with van der Waals surface area (Å²) in [5.74, 6) is -0.127. The lowest BCUT2D eigenvalue weighted by molar-refractivity contribution is -0.132. The van der Waals surface area contributed by atoms with Gasteiger partial charge in [-0.05, 0) is 81.3 Å². The van der Waals surface area contributed by atoms with Crippen LogP contribution in [0.25, 0.3) is 0 Å². The summed E-state index contributed by atoms with van der Waals surface area (Å²) in [4.78, 5) is 42.7. The highest BCUT2D eigenvalue weighted by atomic mass is 16.5. The lowest BCUT2D eigenvalue weighted by Gasteiger charge is -2.32. The molecule has 0 bridgehead atoms. The van der Waals surface area contributed by atoms with E-state index in [1.54, 1.807) is 30.3 Å². The predicted octanol–water partition coefficient (Wildman–Crippen LogP) is 5.06. The predicted molar refractivity (Wildman–Crippen MR) is 170 cm³/mol. The van der Waals surface area contributed by atoms with Crippen molar-refractivity contribution >= 4 is 29.1 Å². The first kappa shape index (κ1) is 32.5. The van der Waals surface area contributed by atoms with E-state index in [4.69, 9.17) is 9.47 Å². The van der Waals surface area contributed by atoms with Gasteiger partial charge in [0.2, 0.25) is 5.91 Å². The minimum Gasteiger partial charge on any atom is -0.507 e. The molecule has 1 saturated heterocycles. The van der Waals surface area contributed by atoms with Gasteiger partial charge in [0.05, 0.1) is 24.5 Å². The Morgan fingerprint density at radius 3 is 2.34 bits per heavy atom. The number of piperazine rings is 1. The largest absolute Gasteiger partial charge is 0.507 e. The molecule has 0 unspecified atom stereocenters. The van der Waals surface area contributed by atoms with Crippen LogP contribution in [0, 0.1) is 6.92 Å². The fraction of sp³-hybridized carbons (Fsp3) is 0.382. The zero-order valence-electron chi connectivity index (χ0n) is 25.7. The molecule has 0 radical (unpaired) electrons. The maximum atomic E-state index is 13.3. The number of phenols is 1. The Morgan fingerprint density at radius 2 is 1.59 bits per heavy atom. The topological polar surface area (TPSA) is 120 Å². The van der Waals surface area contributed by atoms with Gasteiger partial charge in [-0.15, -0.1) is 0 Å². The second kappa shape index (κ2) is 15.9. The van der Waals surface area contributed by atoms with E-state index in [0.29, 0.717) is 41.3 Å². The fourth-order valence-electron chi connectivity index (χ4n) is 4.98. The minimum absolute atomic E-state index is 0.123. The fourth-order valence-corrected chi connectivity index (χ4v) is 4.98. The summed E-state index contributed by atoms with van der Waals surface area (Å²) in [7, 11) is 3.61. The van der Waals surface area contributed by atoms with E-state index in [1.807, 2.05) is 30.0 Å². The Kier molecular flexibility index (Phi) is 11.7. The summed E-state index contributed by atoms with van der Waals surface area (Å²) in [5, 5.41) is 15.8. The van der Waals surface area contributed by atoms with Crippen LogP contribution in [0.15, 0.2) is 60.7 Å². The average molecular weight is 603 g/mol. The molecule has 4 rings (SSSR count). The Labute approximate surface area is 259 Å². The van der Waals surface area contributed by atoms with Crippen LogP contribution >= 0.6 is 0 Å². The molecule has 1 heterocycles. The summed E-state index contributed by atoms with van der Waals surface area (Å²) >= 11 is 0. The Balaban J connectivity index is 1.32. The normalized spacial score (nSPS) is 13.4. The number of phenolic OH excluding ortho intramolecular Hbond substituents is 1. The lowest BCUT2D eigenvalue weighted by atomic mass is 10.1. The zero-order valence-corrected chi connectivity index (χ0v) is 25.7. The second-order valence-electron chi connectivity index (χ2n) is 11.1. The van der Waals surface area contributed by atoms with Gasteiger partial charge in [-0.1, -0.05) is 18.2 Å². The first-order valence-corrected chi connectivity index (χ1v) is 15.0. The maximum absolute atomic E-state index is 13.3. The summed E-state index contributed by atoms with van der Waals surface area (Å²) in [6.45, 7) is 6.04. The van der Waals surface area contributed by atoms with E-state index in [2.05, 4.69) is 22.6 Å². The number of rotatable bonds is 13. The van der Waals surface area contributed by atoms with Crippen molar-refractivity contribution in [2.45, 2.75) is 39.2 Å². The number of aromatic hydroxyl groups is 1. The van der Waals surface area contributed by atoms with Crippen molar-refractivity contribution in [2.75, 3.05) is 57.6 Å². The van der Waals surface area contributed by atoms with Gasteiger partial charge in [0.1, 0.15) is 11.5 Å². The van der Waals surface area contributed by atoms with Gasteiger partial charge in [0.15, 0.2) is 0 Å². The number of carbonyl (C=O) groups is 3. The molecule has 1 aliphatic heterocycles. The first-order chi connectivity index (χ1) is 21.2. The number of para-hydroxylation sites is 1. The second-order valence-corrected chi connectivity index (χ2v) is 11.1. The Morgan fingerprint density at radius 1 is 0.864 bits per heavy atom.